The summed E-state index contributed by atoms with van der Waals surface area (Å²) in [6.07, 6.45) is 0. The molecule has 0 unspecified atom stereocenters. The molecule has 0 aromatic heterocycles. The Morgan fingerprint density at radius 1 is 1.05 bits per heavy atom. The van der Waals surface area contributed by atoms with Gasteiger partial charge in [0.2, 0.25) is 0 Å². The monoisotopic (exact) mass is 256 g/mol. The van der Waals surface area contributed by atoms with E-state index >= 15 is 0 Å². The molecule has 3 nitrogen and oxygen atoms in total. The third-order valence-corrected chi connectivity index (χ3v) is 3.22. The van der Waals surface area contributed by atoms with Gasteiger partial charge >= 0.3 is 0 Å². The van der Waals surface area contributed by atoms with Crippen molar-refractivity contribution in [2.75, 3.05) is 19.1 Å². The van der Waals surface area contributed by atoms with E-state index in [1.54, 1.807) is 7.11 Å². The van der Waals surface area contributed by atoms with Crippen molar-refractivity contribution in [3.63, 3.8) is 0 Å². The Morgan fingerprint density at radius 2 is 1.74 bits per heavy atom. The van der Waals surface area contributed by atoms with Crippen LogP contribution in [0.15, 0.2) is 48.5 Å². The minimum atomic E-state index is -0.0858. The standard InChI is InChI=1S/C16H20N2O/c1-12(17)16-14(10-7-11-15(16)19-3)18(2)13-8-5-4-6-9-13/h4-12H,17H2,1-3H3/t12-/m1/s1. The van der Waals surface area contributed by atoms with Gasteiger partial charge in [-0.25, -0.2) is 0 Å². The van der Waals surface area contributed by atoms with Gasteiger partial charge in [0.1, 0.15) is 5.75 Å². The zero-order chi connectivity index (χ0) is 13.8. The normalized spacial score (nSPS) is 12.0. The highest BCUT2D eigenvalue weighted by Crippen LogP contribution is 2.36. The first-order chi connectivity index (χ1) is 9.15. The number of ether oxygens (including phenoxy) is 1. The van der Waals surface area contributed by atoms with Gasteiger partial charge in [-0.15, -0.1) is 0 Å². The lowest BCUT2D eigenvalue weighted by Crippen LogP contribution is -2.16. The molecule has 0 spiro atoms. The van der Waals surface area contributed by atoms with Crippen LogP contribution in [-0.4, -0.2) is 14.2 Å². The average Bonchev–Trinajstić information content (AvgIpc) is 2.46. The molecule has 1 atom stereocenters. The third-order valence-electron chi connectivity index (χ3n) is 3.22. The van der Waals surface area contributed by atoms with Crippen LogP contribution in [0.5, 0.6) is 5.75 Å². The highest BCUT2D eigenvalue weighted by molar-refractivity contribution is 5.69. The highest BCUT2D eigenvalue weighted by Gasteiger charge is 2.16. The van der Waals surface area contributed by atoms with Gasteiger partial charge in [0.15, 0.2) is 0 Å². The van der Waals surface area contributed by atoms with E-state index in [4.69, 9.17) is 10.5 Å². The number of anilines is 2. The van der Waals surface area contributed by atoms with Gasteiger partial charge in [-0.1, -0.05) is 24.3 Å². The van der Waals surface area contributed by atoms with E-state index in [0.29, 0.717) is 0 Å². The van der Waals surface area contributed by atoms with Gasteiger partial charge < -0.3 is 15.4 Å². The lowest BCUT2D eigenvalue weighted by atomic mass is 10.0. The van der Waals surface area contributed by atoms with Crippen molar-refractivity contribution in [1.29, 1.82) is 0 Å². The van der Waals surface area contributed by atoms with Crippen LogP contribution in [0.3, 0.4) is 0 Å². The number of para-hydroxylation sites is 1. The number of nitrogens with two attached hydrogens (primary N) is 1. The number of methoxy groups -OCH3 is 1. The van der Waals surface area contributed by atoms with Gasteiger partial charge in [0, 0.05) is 30.0 Å². The molecule has 0 aliphatic rings. The molecule has 2 N–H and O–H groups in total. The predicted molar refractivity (Wildman–Crippen MR) is 80.1 cm³/mol. The molecule has 0 fully saturated rings. The number of benzene rings is 2. The van der Waals surface area contributed by atoms with Crippen LogP contribution in [0.2, 0.25) is 0 Å². The Morgan fingerprint density at radius 3 is 2.32 bits per heavy atom. The second-order valence-corrected chi connectivity index (χ2v) is 4.58. The Labute approximate surface area is 114 Å². The summed E-state index contributed by atoms with van der Waals surface area (Å²) >= 11 is 0. The van der Waals surface area contributed by atoms with Crippen LogP contribution in [-0.2, 0) is 0 Å². The quantitative estimate of drug-likeness (QED) is 0.910. The minimum absolute atomic E-state index is 0.0858. The van der Waals surface area contributed by atoms with Gasteiger partial charge in [-0.05, 0) is 31.2 Å². The summed E-state index contributed by atoms with van der Waals surface area (Å²) in [6, 6.07) is 16.1. The molecule has 0 bridgehead atoms. The lowest BCUT2D eigenvalue weighted by molar-refractivity contribution is 0.407. The predicted octanol–water partition coefficient (Wildman–Crippen LogP) is 3.48. The third kappa shape index (κ3) is 2.71. The van der Waals surface area contributed by atoms with E-state index in [1.807, 2.05) is 44.3 Å². The van der Waals surface area contributed by atoms with Crippen LogP contribution < -0.4 is 15.4 Å². The fraction of sp³-hybridized carbons (Fsp3) is 0.250. The summed E-state index contributed by atoms with van der Waals surface area (Å²) in [5.74, 6) is 0.829. The van der Waals surface area contributed by atoms with E-state index in [2.05, 4.69) is 23.1 Å². The largest absolute Gasteiger partial charge is 0.496 e. The van der Waals surface area contributed by atoms with Crippen molar-refractivity contribution in [2.24, 2.45) is 5.73 Å². The fourth-order valence-corrected chi connectivity index (χ4v) is 2.25. The molecule has 0 aliphatic heterocycles. The highest BCUT2D eigenvalue weighted by atomic mass is 16.5. The molecule has 2 aromatic rings. The summed E-state index contributed by atoms with van der Waals surface area (Å²) in [4.78, 5) is 2.13. The molecule has 3 heteroatoms. The molecule has 2 aromatic carbocycles. The number of hydrogen-bond donors (Lipinski definition) is 1. The second-order valence-electron chi connectivity index (χ2n) is 4.58. The van der Waals surface area contributed by atoms with Crippen molar-refractivity contribution < 1.29 is 4.74 Å². The average molecular weight is 256 g/mol. The van der Waals surface area contributed by atoms with Crippen LogP contribution in [0.4, 0.5) is 11.4 Å². The molecule has 2 rings (SSSR count). The summed E-state index contributed by atoms with van der Waals surface area (Å²) in [5.41, 5.74) is 9.32. The van der Waals surface area contributed by atoms with Gasteiger partial charge in [-0.3, -0.25) is 0 Å². The number of hydrogen-bond acceptors (Lipinski definition) is 3. The SMILES string of the molecule is COc1cccc(N(C)c2ccccc2)c1[C@@H](C)N. The number of nitrogens with zero attached hydrogens (tertiary/aromatic N) is 1. The molecule has 0 aliphatic carbocycles. The summed E-state index contributed by atoms with van der Waals surface area (Å²) < 4.78 is 5.43. The van der Waals surface area contributed by atoms with Crippen molar-refractivity contribution in [3.8, 4) is 5.75 Å². The smallest absolute Gasteiger partial charge is 0.125 e. The van der Waals surface area contributed by atoms with Gasteiger partial charge in [-0.2, -0.15) is 0 Å². The zero-order valence-electron chi connectivity index (χ0n) is 11.6. The van der Waals surface area contributed by atoms with Crippen molar-refractivity contribution in [1.82, 2.24) is 0 Å². The minimum Gasteiger partial charge on any atom is -0.496 e. The maximum absolute atomic E-state index is 6.10. The molecule has 19 heavy (non-hydrogen) atoms. The molecule has 0 radical (unpaired) electrons. The fourth-order valence-electron chi connectivity index (χ4n) is 2.25. The summed E-state index contributed by atoms with van der Waals surface area (Å²) in [6.45, 7) is 1.97. The maximum Gasteiger partial charge on any atom is 0.125 e. The molecule has 0 heterocycles. The molecule has 0 saturated heterocycles. The van der Waals surface area contributed by atoms with Crippen LogP contribution in [0, 0.1) is 0 Å². The van der Waals surface area contributed by atoms with Crippen molar-refractivity contribution in [2.45, 2.75) is 13.0 Å². The summed E-state index contributed by atoms with van der Waals surface area (Å²) in [5, 5.41) is 0. The van der Waals surface area contributed by atoms with E-state index in [-0.39, 0.29) is 6.04 Å². The number of rotatable bonds is 4. The van der Waals surface area contributed by atoms with Gasteiger partial charge in [0.05, 0.1) is 7.11 Å². The van der Waals surface area contributed by atoms with Crippen LogP contribution in [0.1, 0.15) is 18.5 Å². The first-order valence-electron chi connectivity index (χ1n) is 6.36. The molecule has 100 valence electrons. The van der Waals surface area contributed by atoms with Gasteiger partial charge in [0.25, 0.3) is 0 Å². The van der Waals surface area contributed by atoms with Crippen molar-refractivity contribution >= 4 is 11.4 Å². The maximum atomic E-state index is 6.10. The second kappa shape index (κ2) is 5.76. The van der Waals surface area contributed by atoms with Crippen LogP contribution >= 0.6 is 0 Å². The topological polar surface area (TPSA) is 38.5 Å². The van der Waals surface area contributed by atoms with E-state index < -0.39 is 0 Å². The Hall–Kier alpha value is -2.00. The first kappa shape index (κ1) is 13.4. The van der Waals surface area contributed by atoms with Crippen LogP contribution in [0.25, 0.3) is 0 Å². The molecule has 0 amide bonds. The van der Waals surface area contributed by atoms with E-state index in [1.165, 1.54) is 0 Å². The molecular weight excluding hydrogens is 236 g/mol. The first-order valence-corrected chi connectivity index (χ1v) is 6.36. The Balaban J connectivity index is 2.50. The van der Waals surface area contributed by atoms with E-state index in [9.17, 15) is 0 Å². The molecular formula is C16H20N2O. The molecule has 0 saturated carbocycles. The Kier molecular flexibility index (Phi) is 4.07. The summed E-state index contributed by atoms with van der Waals surface area (Å²) in [7, 11) is 3.71. The van der Waals surface area contributed by atoms with E-state index in [0.717, 1.165) is 22.7 Å². The zero-order valence-corrected chi connectivity index (χ0v) is 11.6. The van der Waals surface area contributed by atoms with Crippen molar-refractivity contribution in [3.05, 3.63) is 54.1 Å². The Bertz CT molecular complexity index is 538. The lowest BCUT2D eigenvalue weighted by Gasteiger charge is -2.25.